The van der Waals surface area contributed by atoms with Crippen LogP contribution in [0.25, 0.3) is 16.8 Å². The highest BCUT2D eigenvalue weighted by atomic mass is 16.5. The number of anilines is 1. The Hall–Kier alpha value is -2.76. The molecule has 0 aliphatic rings. The number of hydrogen-bond acceptors (Lipinski definition) is 5. The maximum absolute atomic E-state index is 5.36. The molecule has 0 aliphatic carbocycles. The molecular weight excluding hydrogens is 280 g/mol. The van der Waals surface area contributed by atoms with Crippen molar-refractivity contribution >= 4 is 11.5 Å². The second-order valence-corrected chi connectivity index (χ2v) is 4.74. The Morgan fingerprint density at radius 2 is 1.95 bits per heavy atom. The summed E-state index contributed by atoms with van der Waals surface area (Å²) in [7, 11) is 3.25. The second kappa shape index (κ2) is 5.93. The standard InChI is InChI=1S/C16H18N4O2/c1-4-17-15-7-8-20-16(19-15)12(10-18-20)11-5-6-13(21-2)14(9-11)22-3/h5-10H,4H2,1-3H3,(H,17,19). The van der Waals surface area contributed by atoms with Gasteiger partial charge in [-0.2, -0.15) is 5.10 Å². The SMILES string of the molecule is CCNc1ccn2ncc(-c3ccc(OC)c(OC)c3)c2n1. The van der Waals surface area contributed by atoms with Gasteiger partial charge in [0.2, 0.25) is 0 Å². The number of nitrogens with one attached hydrogen (secondary N) is 1. The number of benzene rings is 1. The summed E-state index contributed by atoms with van der Waals surface area (Å²) in [6, 6.07) is 7.69. The van der Waals surface area contributed by atoms with Crippen LogP contribution < -0.4 is 14.8 Å². The van der Waals surface area contributed by atoms with Gasteiger partial charge in [0.05, 0.1) is 20.4 Å². The van der Waals surface area contributed by atoms with E-state index in [1.165, 1.54) is 0 Å². The molecule has 114 valence electrons. The molecule has 0 bridgehead atoms. The summed E-state index contributed by atoms with van der Waals surface area (Å²) in [6.07, 6.45) is 3.70. The lowest BCUT2D eigenvalue weighted by Crippen LogP contribution is -2.01. The number of methoxy groups -OCH3 is 2. The third-order valence-electron chi connectivity index (χ3n) is 3.42. The van der Waals surface area contributed by atoms with Crippen LogP contribution in [0.2, 0.25) is 0 Å². The van der Waals surface area contributed by atoms with Gasteiger partial charge in [-0.1, -0.05) is 6.07 Å². The molecule has 0 saturated heterocycles. The zero-order chi connectivity index (χ0) is 15.5. The fourth-order valence-electron chi connectivity index (χ4n) is 2.36. The highest BCUT2D eigenvalue weighted by Crippen LogP contribution is 2.33. The first kappa shape index (κ1) is 14.2. The van der Waals surface area contributed by atoms with Crippen molar-refractivity contribution in [3.63, 3.8) is 0 Å². The number of ether oxygens (including phenoxy) is 2. The fraction of sp³-hybridized carbons (Fsp3) is 0.250. The summed E-state index contributed by atoms with van der Waals surface area (Å²) in [5.74, 6) is 2.21. The van der Waals surface area contributed by atoms with Crippen LogP contribution in [0, 0.1) is 0 Å². The van der Waals surface area contributed by atoms with E-state index in [1.807, 2.05) is 37.4 Å². The average molecular weight is 298 g/mol. The minimum absolute atomic E-state index is 0.683. The fourth-order valence-corrected chi connectivity index (χ4v) is 2.36. The monoisotopic (exact) mass is 298 g/mol. The van der Waals surface area contributed by atoms with Crippen LogP contribution >= 0.6 is 0 Å². The first-order valence-electron chi connectivity index (χ1n) is 7.07. The predicted molar refractivity (Wildman–Crippen MR) is 85.7 cm³/mol. The van der Waals surface area contributed by atoms with Gasteiger partial charge < -0.3 is 14.8 Å². The summed E-state index contributed by atoms with van der Waals surface area (Å²) < 4.78 is 12.4. The maximum Gasteiger partial charge on any atom is 0.165 e. The largest absolute Gasteiger partial charge is 0.493 e. The molecule has 6 heteroatoms. The van der Waals surface area contributed by atoms with Gasteiger partial charge >= 0.3 is 0 Å². The molecule has 0 atom stereocenters. The van der Waals surface area contributed by atoms with Crippen molar-refractivity contribution in [3.8, 4) is 22.6 Å². The van der Waals surface area contributed by atoms with E-state index in [-0.39, 0.29) is 0 Å². The Morgan fingerprint density at radius 3 is 2.68 bits per heavy atom. The molecular formula is C16H18N4O2. The third kappa shape index (κ3) is 2.43. The quantitative estimate of drug-likeness (QED) is 0.785. The Bertz CT molecular complexity index is 798. The van der Waals surface area contributed by atoms with Crippen molar-refractivity contribution in [2.45, 2.75) is 6.92 Å². The minimum atomic E-state index is 0.683. The van der Waals surface area contributed by atoms with Crippen molar-refractivity contribution in [2.75, 3.05) is 26.1 Å². The first-order chi connectivity index (χ1) is 10.8. The van der Waals surface area contributed by atoms with Crippen LogP contribution in [0.1, 0.15) is 6.92 Å². The molecule has 0 unspecified atom stereocenters. The summed E-state index contributed by atoms with van der Waals surface area (Å²) in [5, 5.41) is 7.56. The van der Waals surface area contributed by atoms with Crippen molar-refractivity contribution in [3.05, 3.63) is 36.7 Å². The summed E-state index contributed by atoms with van der Waals surface area (Å²) in [5.41, 5.74) is 2.72. The molecule has 2 aromatic heterocycles. The van der Waals surface area contributed by atoms with E-state index in [0.29, 0.717) is 11.5 Å². The topological polar surface area (TPSA) is 60.7 Å². The lowest BCUT2D eigenvalue weighted by Gasteiger charge is -2.09. The van der Waals surface area contributed by atoms with E-state index >= 15 is 0 Å². The van der Waals surface area contributed by atoms with Crippen LogP contribution in [0.4, 0.5) is 5.82 Å². The molecule has 0 aliphatic heterocycles. The highest BCUT2D eigenvalue weighted by Gasteiger charge is 2.12. The molecule has 0 amide bonds. The Balaban J connectivity index is 2.11. The zero-order valence-electron chi connectivity index (χ0n) is 12.8. The molecule has 6 nitrogen and oxygen atoms in total. The minimum Gasteiger partial charge on any atom is -0.493 e. The smallest absolute Gasteiger partial charge is 0.165 e. The maximum atomic E-state index is 5.36. The van der Waals surface area contributed by atoms with E-state index in [1.54, 1.807) is 24.9 Å². The van der Waals surface area contributed by atoms with Gasteiger partial charge in [-0.15, -0.1) is 0 Å². The van der Waals surface area contributed by atoms with E-state index in [4.69, 9.17) is 9.47 Å². The average Bonchev–Trinajstić information content (AvgIpc) is 2.97. The molecule has 3 rings (SSSR count). The van der Waals surface area contributed by atoms with E-state index in [2.05, 4.69) is 15.4 Å². The van der Waals surface area contributed by atoms with Crippen LogP contribution in [-0.2, 0) is 0 Å². The van der Waals surface area contributed by atoms with Gasteiger partial charge in [-0.05, 0) is 30.7 Å². The van der Waals surface area contributed by atoms with Crippen molar-refractivity contribution < 1.29 is 9.47 Å². The number of nitrogens with zero attached hydrogens (tertiary/aromatic N) is 3. The molecule has 0 radical (unpaired) electrons. The highest BCUT2D eigenvalue weighted by molar-refractivity contribution is 5.79. The summed E-state index contributed by atoms with van der Waals surface area (Å²) >= 11 is 0. The van der Waals surface area contributed by atoms with Crippen LogP contribution in [0.3, 0.4) is 0 Å². The van der Waals surface area contributed by atoms with Crippen LogP contribution in [-0.4, -0.2) is 35.4 Å². The number of hydrogen-bond donors (Lipinski definition) is 1. The molecule has 22 heavy (non-hydrogen) atoms. The molecule has 1 N–H and O–H groups in total. The van der Waals surface area contributed by atoms with Gasteiger partial charge in [0.15, 0.2) is 17.1 Å². The van der Waals surface area contributed by atoms with E-state index < -0.39 is 0 Å². The lowest BCUT2D eigenvalue weighted by molar-refractivity contribution is 0.355. The van der Waals surface area contributed by atoms with Crippen LogP contribution in [0.5, 0.6) is 11.5 Å². The molecule has 1 aromatic carbocycles. The summed E-state index contributed by atoms with van der Waals surface area (Å²) in [6.45, 7) is 2.86. The van der Waals surface area contributed by atoms with Gasteiger partial charge in [-0.25, -0.2) is 9.50 Å². The second-order valence-electron chi connectivity index (χ2n) is 4.74. The van der Waals surface area contributed by atoms with E-state index in [0.717, 1.165) is 29.1 Å². The first-order valence-corrected chi connectivity index (χ1v) is 7.07. The van der Waals surface area contributed by atoms with Crippen molar-refractivity contribution in [2.24, 2.45) is 0 Å². The molecule has 0 saturated carbocycles. The molecule has 0 fully saturated rings. The van der Waals surface area contributed by atoms with Crippen LogP contribution in [0.15, 0.2) is 36.7 Å². The Labute approximate surface area is 128 Å². The molecule has 2 heterocycles. The number of fused-ring (bicyclic) bond motifs is 1. The predicted octanol–water partition coefficient (Wildman–Crippen LogP) is 2.85. The van der Waals surface area contributed by atoms with Crippen molar-refractivity contribution in [1.82, 2.24) is 14.6 Å². The van der Waals surface area contributed by atoms with Gasteiger partial charge in [-0.3, -0.25) is 0 Å². The Kier molecular flexibility index (Phi) is 3.82. The normalized spacial score (nSPS) is 10.7. The third-order valence-corrected chi connectivity index (χ3v) is 3.42. The Morgan fingerprint density at radius 1 is 1.14 bits per heavy atom. The van der Waals surface area contributed by atoms with Gasteiger partial charge in [0, 0.05) is 18.3 Å². The van der Waals surface area contributed by atoms with Crippen molar-refractivity contribution in [1.29, 1.82) is 0 Å². The lowest BCUT2D eigenvalue weighted by atomic mass is 10.1. The van der Waals surface area contributed by atoms with Gasteiger partial charge in [0.1, 0.15) is 5.82 Å². The number of rotatable bonds is 5. The molecule has 0 spiro atoms. The van der Waals surface area contributed by atoms with Gasteiger partial charge in [0.25, 0.3) is 0 Å². The zero-order valence-corrected chi connectivity index (χ0v) is 12.8. The van der Waals surface area contributed by atoms with E-state index in [9.17, 15) is 0 Å². The summed E-state index contributed by atoms with van der Waals surface area (Å²) in [4.78, 5) is 4.62. The molecule has 3 aromatic rings. The number of aromatic nitrogens is 3.